The van der Waals surface area contributed by atoms with Crippen LogP contribution in [0.25, 0.3) is 0 Å². The van der Waals surface area contributed by atoms with Crippen LogP contribution in [0.15, 0.2) is 27.4 Å². The van der Waals surface area contributed by atoms with Crippen molar-refractivity contribution < 1.29 is 4.39 Å². The molecule has 0 amide bonds. The number of aromatic nitrogens is 2. The summed E-state index contributed by atoms with van der Waals surface area (Å²) in [5.41, 5.74) is 0.981. The minimum Gasteiger partial charge on any atom is -0.353 e. The fourth-order valence-corrected chi connectivity index (χ4v) is 3.53. The Kier molecular flexibility index (Phi) is 4.42. The summed E-state index contributed by atoms with van der Waals surface area (Å²) in [6.45, 7) is 0.732. The molecule has 1 aliphatic rings. The number of nitrogens with one attached hydrogen (secondary N) is 1. The maximum atomic E-state index is 14.1. The van der Waals surface area contributed by atoms with Gasteiger partial charge in [-0.3, -0.25) is 0 Å². The monoisotopic (exact) mass is 324 g/mol. The number of hydrogen-bond donors (Lipinski definition) is 1. The molecule has 1 fully saturated rings. The zero-order valence-corrected chi connectivity index (χ0v) is 13.6. The molecule has 0 saturated heterocycles. The van der Waals surface area contributed by atoms with E-state index in [2.05, 4.69) is 15.5 Å². The highest BCUT2D eigenvalue weighted by Crippen LogP contribution is 2.34. The molecule has 1 heterocycles. The number of halogens is 1. The highest BCUT2D eigenvalue weighted by atomic mass is 32.2. The third-order valence-corrected chi connectivity index (χ3v) is 5.34. The summed E-state index contributed by atoms with van der Waals surface area (Å²) >= 11 is 2.78. The Bertz CT molecular complexity index is 625. The van der Waals surface area contributed by atoms with Crippen molar-refractivity contribution in [3.05, 3.63) is 29.6 Å². The van der Waals surface area contributed by atoms with Gasteiger partial charge in [0.1, 0.15) is 5.82 Å². The van der Waals surface area contributed by atoms with Crippen molar-refractivity contribution in [2.45, 2.75) is 34.7 Å². The standard InChI is InChI=1S/C14H17FN4S2/c1-19(2)13-17-18-14(21-13)20-12-6-3-9(7-11(12)15)8-16-10-4-5-10/h3,6-7,10,16H,4-5,8H2,1-2H3. The zero-order valence-electron chi connectivity index (χ0n) is 12.0. The van der Waals surface area contributed by atoms with E-state index in [4.69, 9.17) is 0 Å². The van der Waals surface area contributed by atoms with Gasteiger partial charge in [-0.15, -0.1) is 10.2 Å². The topological polar surface area (TPSA) is 41.1 Å². The summed E-state index contributed by atoms with van der Waals surface area (Å²) in [5, 5.41) is 12.3. The highest BCUT2D eigenvalue weighted by Gasteiger charge is 2.20. The molecular weight excluding hydrogens is 307 g/mol. The van der Waals surface area contributed by atoms with E-state index in [1.807, 2.05) is 31.1 Å². The van der Waals surface area contributed by atoms with Crippen LogP contribution in [0.3, 0.4) is 0 Å². The van der Waals surface area contributed by atoms with E-state index >= 15 is 0 Å². The van der Waals surface area contributed by atoms with Crippen molar-refractivity contribution in [2.24, 2.45) is 0 Å². The maximum Gasteiger partial charge on any atom is 0.208 e. The van der Waals surface area contributed by atoms with Gasteiger partial charge in [0.25, 0.3) is 0 Å². The molecule has 0 unspecified atom stereocenters. The van der Waals surface area contributed by atoms with Gasteiger partial charge in [0.15, 0.2) is 4.34 Å². The number of rotatable bonds is 6. The molecule has 1 aromatic heterocycles. The van der Waals surface area contributed by atoms with Crippen molar-refractivity contribution in [1.29, 1.82) is 0 Å². The lowest BCUT2D eigenvalue weighted by atomic mass is 10.2. The van der Waals surface area contributed by atoms with Crippen molar-refractivity contribution in [3.8, 4) is 0 Å². The number of nitrogens with zero attached hydrogens (tertiary/aromatic N) is 3. The number of anilines is 1. The summed E-state index contributed by atoms with van der Waals surface area (Å²) in [5.74, 6) is -0.197. The van der Waals surface area contributed by atoms with Crippen LogP contribution in [0.4, 0.5) is 9.52 Å². The van der Waals surface area contributed by atoms with Gasteiger partial charge in [-0.25, -0.2) is 4.39 Å². The molecule has 0 aliphatic heterocycles. The Hall–Kier alpha value is -1.18. The molecule has 3 rings (SSSR count). The van der Waals surface area contributed by atoms with Crippen LogP contribution in [-0.2, 0) is 6.54 Å². The van der Waals surface area contributed by atoms with Crippen molar-refractivity contribution in [3.63, 3.8) is 0 Å². The summed E-state index contributed by atoms with van der Waals surface area (Å²) in [4.78, 5) is 2.48. The van der Waals surface area contributed by atoms with Gasteiger partial charge >= 0.3 is 0 Å². The smallest absolute Gasteiger partial charge is 0.208 e. The van der Waals surface area contributed by atoms with Gasteiger partial charge in [0.05, 0.1) is 4.90 Å². The molecule has 1 aliphatic carbocycles. The van der Waals surface area contributed by atoms with Crippen LogP contribution in [0, 0.1) is 5.82 Å². The van der Waals surface area contributed by atoms with E-state index in [-0.39, 0.29) is 5.82 Å². The van der Waals surface area contributed by atoms with Gasteiger partial charge in [-0.05, 0) is 30.5 Å². The second kappa shape index (κ2) is 6.29. The molecule has 2 aromatic rings. The summed E-state index contributed by atoms with van der Waals surface area (Å²) in [7, 11) is 3.83. The fraction of sp³-hybridized carbons (Fsp3) is 0.429. The van der Waals surface area contributed by atoms with Crippen molar-refractivity contribution in [2.75, 3.05) is 19.0 Å². The van der Waals surface area contributed by atoms with Gasteiger partial charge in [0, 0.05) is 26.7 Å². The van der Waals surface area contributed by atoms with Crippen LogP contribution >= 0.6 is 23.1 Å². The van der Waals surface area contributed by atoms with Crippen LogP contribution in [0.1, 0.15) is 18.4 Å². The normalized spacial score (nSPS) is 14.4. The lowest BCUT2D eigenvalue weighted by Crippen LogP contribution is -2.15. The van der Waals surface area contributed by atoms with Crippen LogP contribution in [0.5, 0.6) is 0 Å². The molecule has 0 spiro atoms. The van der Waals surface area contributed by atoms with Gasteiger partial charge in [-0.2, -0.15) is 0 Å². The third kappa shape index (κ3) is 3.93. The SMILES string of the molecule is CN(C)c1nnc(Sc2ccc(CNC3CC3)cc2F)s1. The summed E-state index contributed by atoms with van der Waals surface area (Å²) in [6.07, 6.45) is 2.48. The van der Waals surface area contributed by atoms with Crippen LogP contribution in [0.2, 0.25) is 0 Å². The summed E-state index contributed by atoms with van der Waals surface area (Å²) < 4.78 is 14.9. The van der Waals surface area contributed by atoms with E-state index in [1.165, 1.54) is 35.9 Å². The Morgan fingerprint density at radius 3 is 2.81 bits per heavy atom. The molecule has 112 valence electrons. The van der Waals surface area contributed by atoms with Crippen LogP contribution < -0.4 is 10.2 Å². The predicted octanol–water partition coefficient (Wildman–Crippen LogP) is 3.15. The Morgan fingerprint density at radius 2 is 2.19 bits per heavy atom. The first-order valence-corrected chi connectivity index (χ1v) is 8.45. The minimum atomic E-state index is -0.197. The highest BCUT2D eigenvalue weighted by molar-refractivity contribution is 8.01. The molecule has 1 saturated carbocycles. The Morgan fingerprint density at radius 1 is 1.38 bits per heavy atom. The number of hydrogen-bond acceptors (Lipinski definition) is 6. The second-order valence-electron chi connectivity index (χ2n) is 5.27. The quantitative estimate of drug-likeness (QED) is 0.884. The summed E-state index contributed by atoms with van der Waals surface area (Å²) in [6, 6.07) is 6.02. The molecule has 0 bridgehead atoms. The molecular formula is C14H17FN4S2. The zero-order chi connectivity index (χ0) is 14.8. The molecule has 4 nitrogen and oxygen atoms in total. The van der Waals surface area contributed by atoms with E-state index in [9.17, 15) is 4.39 Å². The van der Waals surface area contributed by atoms with Crippen molar-refractivity contribution in [1.82, 2.24) is 15.5 Å². The molecule has 1 aromatic carbocycles. The molecule has 0 radical (unpaired) electrons. The Balaban J connectivity index is 1.66. The number of benzene rings is 1. The Labute approximate surface area is 131 Å². The molecule has 7 heteroatoms. The average Bonchev–Trinajstić information content (AvgIpc) is 3.16. The van der Waals surface area contributed by atoms with Gasteiger partial charge in [-0.1, -0.05) is 29.2 Å². The van der Waals surface area contributed by atoms with Gasteiger partial charge < -0.3 is 10.2 Å². The first kappa shape index (κ1) is 14.7. The van der Waals surface area contributed by atoms with E-state index in [1.54, 1.807) is 6.07 Å². The first-order valence-electron chi connectivity index (χ1n) is 6.82. The van der Waals surface area contributed by atoms with Crippen molar-refractivity contribution >= 4 is 28.2 Å². The fourth-order valence-electron chi connectivity index (χ4n) is 1.81. The largest absolute Gasteiger partial charge is 0.353 e. The molecule has 21 heavy (non-hydrogen) atoms. The van der Waals surface area contributed by atoms with Gasteiger partial charge in [0.2, 0.25) is 5.13 Å². The lowest BCUT2D eigenvalue weighted by molar-refractivity contribution is 0.595. The first-order chi connectivity index (χ1) is 10.1. The third-order valence-electron chi connectivity index (χ3n) is 3.14. The molecule has 0 atom stereocenters. The van der Waals surface area contributed by atoms with E-state index < -0.39 is 0 Å². The average molecular weight is 324 g/mol. The van der Waals surface area contributed by atoms with E-state index in [0.29, 0.717) is 10.9 Å². The minimum absolute atomic E-state index is 0.197. The molecule has 1 N–H and O–H groups in total. The van der Waals surface area contributed by atoms with Crippen LogP contribution in [-0.4, -0.2) is 30.3 Å². The maximum absolute atomic E-state index is 14.1. The van der Waals surface area contributed by atoms with E-state index in [0.717, 1.165) is 21.6 Å². The lowest BCUT2D eigenvalue weighted by Gasteiger charge is -2.06. The predicted molar refractivity (Wildman–Crippen MR) is 84.6 cm³/mol. The second-order valence-corrected chi connectivity index (χ2v) is 7.51.